The van der Waals surface area contributed by atoms with Gasteiger partial charge < -0.3 is 9.57 Å². The molecule has 0 unspecified atom stereocenters. The molecule has 0 spiro atoms. The Kier molecular flexibility index (Phi) is 3.79. The summed E-state index contributed by atoms with van der Waals surface area (Å²) < 4.78 is 30.7. The van der Waals surface area contributed by atoms with Crippen LogP contribution in [0.25, 0.3) is 0 Å². The van der Waals surface area contributed by atoms with Gasteiger partial charge in [0.25, 0.3) is 0 Å². The van der Waals surface area contributed by atoms with Crippen molar-refractivity contribution in [1.82, 2.24) is 5.48 Å². The second kappa shape index (κ2) is 4.88. The summed E-state index contributed by atoms with van der Waals surface area (Å²) in [6, 6.07) is 2.07. The summed E-state index contributed by atoms with van der Waals surface area (Å²) in [5.41, 5.74) is 2.74. The summed E-state index contributed by atoms with van der Waals surface area (Å²) in [6.45, 7) is 0.152. The van der Waals surface area contributed by atoms with Crippen molar-refractivity contribution >= 4 is 0 Å². The van der Waals surface area contributed by atoms with Crippen molar-refractivity contribution in [3.63, 3.8) is 0 Å². The Morgan fingerprint density at radius 1 is 1.21 bits per heavy atom. The fourth-order valence-electron chi connectivity index (χ4n) is 1.01. The Hall–Kier alpha value is -1.20. The Labute approximate surface area is 80.6 Å². The largest absolute Gasteiger partial charge is 0.494 e. The fourth-order valence-corrected chi connectivity index (χ4v) is 1.01. The standard InChI is InChI=1S/C9H11F2NO2/c1-13-9-3-6(5-12-14-2)7(10)4-8(9)11/h3-4,12H,5H2,1-2H3. The Bertz CT molecular complexity index is 318. The molecule has 0 aromatic heterocycles. The monoisotopic (exact) mass is 203 g/mol. The second-order valence-electron chi connectivity index (χ2n) is 2.60. The molecule has 78 valence electrons. The normalized spacial score (nSPS) is 10.3. The van der Waals surface area contributed by atoms with E-state index in [0.29, 0.717) is 0 Å². The summed E-state index contributed by atoms with van der Waals surface area (Å²) in [7, 11) is 2.74. The highest BCUT2D eigenvalue weighted by Gasteiger charge is 2.09. The van der Waals surface area contributed by atoms with Crippen LogP contribution < -0.4 is 10.2 Å². The van der Waals surface area contributed by atoms with E-state index >= 15 is 0 Å². The third-order valence-electron chi connectivity index (χ3n) is 1.73. The van der Waals surface area contributed by atoms with Crippen molar-refractivity contribution in [2.75, 3.05) is 14.2 Å². The van der Waals surface area contributed by atoms with Crippen LogP contribution in [0.4, 0.5) is 8.78 Å². The molecule has 5 heteroatoms. The van der Waals surface area contributed by atoms with E-state index in [4.69, 9.17) is 4.74 Å². The lowest BCUT2D eigenvalue weighted by molar-refractivity contribution is 0.0858. The molecule has 0 atom stereocenters. The average molecular weight is 203 g/mol. The smallest absolute Gasteiger partial charge is 0.167 e. The van der Waals surface area contributed by atoms with Crippen molar-refractivity contribution < 1.29 is 18.4 Å². The second-order valence-corrected chi connectivity index (χ2v) is 2.60. The van der Waals surface area contributed by atoms with Gasteiger partial charge in [0.05, 0.1) is 14.2 Å². The van der Waals surface area contributed by atoms with Crippen LogP contribution in [0.15, 0.2) is 12.1 Å². The molecule has 1 aromatic carbocycles. The van der Waals surface area contributed by atoms with Gasteiger partial charge in [-0.2, -0.15) is 5.48 Å². The molecular formula is C9H11F2NO2. The zero-order valence-corrected chi connectivity index (χ0v) is 7.93. The average Bonchev–Trinajstić information content (AvgIpc) is 2.17. The van der Waals surface area contributed by atoms with Gasteiger partial charge in [0, 0.05) is 18.2 Å². The number of methoxy groups -OCH3 is 1. The molecule has 0 saturated carbocycles. The maximum absolute atomic E-state index is 13.1. The zero-order valence-electron chi connectivity index (χ0n) is 7.93. The number of hydroxylamine groups is 1. The van der Waals surface area contributed by atoms with Crippen molar-refractivity contribution in [1.29, 1.82) is 0 Å². The van der Waals surface area contributed by atoms with Gasteiger partial charge >= 0.3 is 0 Å². The molecule has 0 aliphatic rings. The first-order chi connectivity index (χ1) is 6.69. The van der Waals surface area contributed by atoms with Crippen molar-refractivity contribution in [3.05, 3.63) is 29.3 Å². The molecule has 0 aliphatic carbocycles. The van der Waals surface area contributed by atoms with Crippen molar-refractivity contribution in [2.24, 2.45) is 0 Å². The molecule has 0 fully saturated rings. The van der Waals surface area contributed by atoms with Gasteiger partial charge in [-0.25, -0.2) is 8.78 Å². The summed E-state index contributed by atoms with van der Waals surface area (Å²) in [4.78, 5) is 4.55. The minimum Gasteiger partial charge on any atom is -0.494 e. The van der Waals surface area contributed by atoms with Crippen molar-refractivity contribution in [3.8, 4) is 5.75 Å². The molecule has 1 N–H and O–H groups in total. The fraction of sp³-hybridized carbons (Fsp3) is 0.333. The van der Waals surface area contributed by atoms with E-state index in [1.165, 1.54) is 20.3 Å². The highest BCUT2D eigenvalue weighted by molar-refractivity contribution is 5.31. The van der Waals surface area contributed by atoms with E-state index in [0.717, 1.165) is 6.07 Å². The molecular weight excluding hydrogens is 192 g/mol. The number of halogens is 2. The van der Waals surface area contributed by atoms with Gasteiger partial charge in [-0.15, -0.1) is 0 Å². The lowest BCUT2D eigenvalue weighted by Gasteiger charge is -2.07. The van der Waals surface area contributed by atoms with Gasteiger partial charge in [-0.1, -0.05) is 0 Å². The van der Waals surface area contributed by atoms with Gasteiger partial charge in [-0.05, 0) is 6.07 Å². The summed E-state index contributed by atoms with van der Waals surface area (Å²) >= 11 is 0. The first kappa shape index (κ1) is 10.9. The van der Waals surface area contributed by atoms with Gasteiger partial charge in [0.1, 0.15) is 5.82 Å². The van der Waals surface area contributed by atoms with Crippen LogP contribution in [-0.2, 0) is 11.4 Å². The van der Waals surface area contributed by atoms with E-state index < -0.39 is 11.6 Å². The molecule has 0 radical (unpaired) electrons. The SMILES string of the molecule is CONCc1cc(OC)c(F)cc1F. The minimum absolute atomic E-state index is 0.0132. The quantitative estimate of drug-likeness (QED) is 0.754. The van der Waals surface area contributed by atoms with Gasteiger partial charge in [0.2, 0.25) is 0 Å². The zero-order chi connectivity index (χ0) is 10.6. The number of rotatable bonds is 4. The number of nitrogens with one attached hydrogen (secondary N) is 1. The predicted octanol–water partition coefficient (Wildman–Crippen LogP) is 1.62. The topological polar surface area (TPSA) is 30.5 Å². The third kappa shape index (κ3) is 2.40. The van der Waals surface area contributed by atoms with Gasteiger partial charge in [-0.3, -0.25) is 0 Å². The molecule has 1 rings (SSSR count). The van der Waals surface area contributed by atoms with Crippen LogP contribution in [0, 0.1) is 11.6 Å². The van der Waals surface area contributed by atoms with Crippen LogP contribution in [-0.4, -0.2) is 14.2 Å². The Morgan fingerprint density at radius 2 is 1.93 bits per heavy atom. The summed E-state index contributed by atoms with van der Waals surface area (Å²) in [6.07, 6.45) is 0. The lowest BCUT2D eigenvalue weighted by atomic mass is 10.2. The molecule has 0 heterocycles. The Morgan fingerprint density at radius 3 is 2.50 bits per heavy atom. The van der Waals surface area contributed by atoms with Crippen LogP contribution in [0.1, 0.15) is 5.56 Å². The molecule has 14 heavy (non-hydrogen) atoms. The van der Waals surface area contributed by atoms with E-state index in [1.807, 2.05) is 0 Å². The summed E-state index contributed by atoms with van der Waals surface area (Å²) in [5, 5.41) is 0. The molecule has 0 bridgehead atoms. The lowest BCUT2D eigenvalue weighted by Crippen LogP contribution is -2.12. The van der Waals surface area contributed by atoms with E-state index in [2.05, 4.69) is 10.3 Å². The van der Waals surface area contributed by atoms with Crippen LogP contribution >= 0.6 is 0 Å². The number of hydrogen-bond donors (Lipinski definition) is 1. The molecule has 0 saturated heterocycles. The maximum Gasteiger partial charge on any atom is 0.167 e. The number of benzene rings is 1. The number of ether oxygens (including phenoxy) is 1. The first-order valence-electron chi connectivity index (χ1n) is 3.96. The van der Waals surface area contributed by atoms with Gasteiger partial charge in [0.15, 0.2) is 11.6 Å². The minimum atomic E-state index is -0.717. The third-order valence-corrected chi connectivity index (χ3v) is 1.73. The highest BCUT2D eigenvalue weighted by Crippen LogP contribution is 2.21. The highest BCUT2D eigenvalue weighted by atomic mass is 19.1. The van der Waals surface area contributed by atoms with Crippen molar-refractivity contribution in [2.45, 2.75) is 6.54 Å². The number of hydrogen-bond acceptors (Lipinski definition) is 3. The van der Waals surface area contributed by atoms with Crippen LogP contribution in [0.2, 0.25) is 0 Å². The van der Waals surface area contributed by atoms with Crippen LogP contribution in [0.3, 0.4) is 0 Å². The predicted molar refractivity (Wildman–Crippen MR) is 46.8 cm³/mol. The van der Waals surface area contributed by atoms with E-state index in [1.54, 1.807) is 0 Å². The maximum atomic E-state index is 13.1. The first-order valence-corrected chi connectivity index (χ1v) is 3.96. The molecule has 0 amide bonds. The summed E-state index contributed by atoms with van der Waals surface area (Å²) in [5.74, 6) is -1.33. The van der Waals surface area contributed by atoms with Crippen LogP contribution in [0.5, 0.6) is 5.75 Å². The van der Waals surface area contributed by atoms with E-state index in [-0.39, 0.29) is 17.9 Å². The Balaban J connectivity index is 2.92. The molecule has 3 nitrogen and oxygen atoms in total. The van der Waals surface area contributed by atoms with E-state index in [9.17, 15) is 8.78 Å². The molecule has 1 aromatic rings. The molecule has 0 aliphatic heterocycles.